The standard InChI is InChI=1S/C14H22N2/c1-3-10(2)16-13-9-5-7-11-6-4-8-12(15)14(11)13/h4-8,10,12-14,16H,3,9,15H2,1-2H3. The van der Waals surface area contributed by atoms with Gasteiger partial charge in [0.05, 0.1) is 0 Å². The minimum Gasteiger partial charge on any atom is -0.324 e. The van der Waals surface area contributed by atoms with E-state index in [2.05, 4.69) is 49.5 Å². The van der Waals surface area contributed by atoms with E-state index in [1.807, 2.05) is 0 Å². The van der Waals surface area contributed by atoms with Crippen LogP contribution in [-0.2, 0) is 0 Å². The van der Waals surface area contributed by atoms with Crippen molar-refractivity contribution in [3.05, 3.63) is 36.0 Å². The van der Waals surface area contributed by atoms with Gasteiger partial charge in [0.15, 0.2) is 0 Å². The van der Waals surface area contributed by atoms with Crippen molar-refractivity contribution in [1.29, 1.82) is 0 Å². The minimum atomic E-state index is 0.159. The lowest BCUT2D eigenvalue weighted by molar-refractivity contribution is 0.330. The van der Waals surface area contributed by atoms with Crippen molar-refractivity contribution < 1.29 is 0 Å². The molecule has 2 nitrogen and oxygen atoms in total. The van der Waals surface area contributed by atoms with E-state index < -0.39 is 0 Å². The van der Waals surface area contributed by atoms with Crippen LogP contribution in [0.25, 0.3) is 0 Å². The molecule has 88 valence electrons. The van der Waals surface area contributed by atoms with Gasteiger partial charge in [0.1, 0.15) is 0 Å². The molecule has 4 atom stereocenters. The molecule has 0 aromatic rings. The molecule has 2 aliphatic carbocycles. The van der Waals surface area contributed by atoms with E-state index in [1.165, 1.54) is 5.57 Å². The molecule has 0 spiro atoms. The van der Waals surface area contributed by atoms with Crippen LogP contribution in [0.5, 0.6) is 0 Å². The van der Waals surface area contributed by atoms with Gasteiger partial charge in [0.25, 0.3) is 0 Å². The van der Waals surface area contributed by atoms with Crippen molar-refractivity contribution in [3.63, 3.8) is 0 Å². The molecule has 0 bridgehead atoms. The molecule has 3 N–H and O–H groups in total. The van der Waals surface area contributed by atoms with Crippen molar-refractivity contribution in [2.45, 2.75) is 44.8 Å². The van der Waals surface area contributed by atoms with Gasteiger partial charge in [0.2, 0.25) is 0 Å². The molecule has 4 unspecified atom stereocenters. The first kappa shape index (κ1) is 11.6. The summed E-state index contributed by atoms with van der Waals surface area (Å²) in [7, 11) is 0. The summed E-state index contributed by atoms with van der Waals surface area (Å²) < 4.78 is 0. The maximum Gasteiger partial charge on any atom is 0.0311 e. The number of fused-ring (bicyclic) bond motifs is 1. The van der Waals surface area contributed by atoms with E-state index in [4.69, 9.17) is 5.73 Å². The van der Waals surface area contributed by atoms with Gasteiger partial charge in [-0.2, -0.15) is 0 Å². The topological polar surface area (TPSA) is 38.0 Å². The van der Waals surface area contributed by atoms with E-state index in [0.29, 0.717) is 18.0 Å². The van der Waals surface area contributed by atoms with Gasteiger partial charge in [-0.1, -0.05) is 37.3 Å². The Balaban J connectivity index is 2.13. The van der Waals surface area contributed by atoms with E-state index in [0.717, 1.165) is 12.8 Å². The highest BCUT2D eigenvalue weighted by Crippen LogP contribution is 2.30. The second kappa shape index (κ2) is 4.98. The largest absolute Gasteiger partial charge is 0.324 e. The number of rotatable bonds is 3. The number of hydrogen-bond donors (Lipinski definition) is 2. The SMILES string of the molecule is CCC(C)NC1CC=CC2=CC=CC(N)C21. The third-order valence-electron chi connectivity index (χ3n) is 3.67. The number of nitrogens with two attached hydrogens (primary N) is 1. The van der Waals surface area contributed by atoms with E-state index in [-0.39, 0.29) is 6.04 Å². The van der Waals surface area contributed by atoms with Gasteiger partial charge < -0.3 is 11.1 Å². The summed E-state index contributed by atoms with van der Waals surface area (Å²) in [5, 5.41) is 3.69. The molecule has 0 saturated carbocycles. The summed E-state index contributed by atoms with van der Waals surface area (Å²) in [6, 6.07) is 1.22. The van der Waals surface area contributed by atoms with Crippen molar-refractivity contribution >= 4 is 0 Å². The van der Waals surface area contributed by atoms with Crippen molar-refractivity contribution in [2.75, 3.05) is 0 Å². The van der Waals surface area contributed by atoms with Crippen LogP contribution in [0.4, 0.5) is 0 Å². The van der Waals surface area contributed by atoms with Gasteiger partial charge in [0, 0.05) is 24.0 Å². The van der Waals surface area contributed by atoms with Crippen LogP contribution < -0.4 is 11.1 Å². The van der Waals surface area contributed by atoms with Crippen molar-refractivity contribution in [1.82, 2.24) is 5.32 Å². The monoisotopic (exact) mass is 218 g/mol. The lowest BCUT2D eigenvalue weighted by atomic mass is 9.77. The lowest BCUT2D eigenvalue weighted by Gasteiger charge is -2.37. The van der Waals surface area contributed by atoms with Crippen LogP contribution in [0.15, 0.2) is 36.0 Å². The lowest BCUT2D eigenvalue weighted by Crippen LogP contribution is -2.49. The molecule has 0 amide bonds. The molecule has 0 saturated heterocycles. The molecule has 16 heavy (non-hydrogen) atoms. The fourth-order valence-corrected chi connectivity index (χ4v) is 2.57. The predicted molar refractivity (Wildman–Crippen MR) is 69.1 cm³/mol. The molecule has 0 fully saturated rings. The Morgan fingerprint density at radius 2 is 2.38 bits per heavy atom. The van der Waals surface area contributed by atoms with Gasteiger partial charge in [-0.05, 0) is 25.3 Å². The first-order valence-electron chi connectivity index (χ1n) is 6.29. The molecule has 2 rings (SSSR count). The smallest absolute Gasteiger partial charge is 0.0311 e. The average molecular weight is 218 g/mol. The summed E-state index contributed by atoms with van der Waals surface area (Å²) in [6.07, 6.45) is 13.1. The second-order valence-corrected chi connectivity index (χ2v) is 4.88. The van der Waals surface area contributed by atoms with Crippen molar-refractivity contribution in [3.8, 4) is 0 Å². The summed E-state index contributed by atoms with van der Waals surface area (Å²) in [4.78, 5) is 0. The summed E-state index contributed by atoms with van der Waals surface area (Å²) in [6.45, 7) is 4.46. The van der Waals surface area contributed by atoms with E-state index in [1.54, 1.807) is 0 Å². The Morgan fingerprint density at radius 3 is 3.12 bits per heavy atom. The molecule has 0 aliphatic heterocycles. The molecular formula is C14H22N2. The Hall–Kier alpha value is -0.860. The highest BCUT2D eigenvalue weighted by Gasteiger charge is 2.31. The quantitative estimate of drug-likeness (QED) is 0.761. The average Bonchev–Trinajstić information content (AvgIpc) is 2.29. The Labute approximate surface area is 98.3 Å². The van der Waals surface area contributed by atoms with Crippen LogP contribution in [0, 0.1) is 5.92 Å². The molecule has 0 heterocycles. The van der Waals surface area contributed by atoms with Gasteiger partial charge >= 0.3 is 0 Å². The molecule has 0 radical (unpaired) electrons. The predicted octanol–water partition coefficient (Wildman–Crippen LogP) is 2.14. The first-order chi connectivity index (χ1) is 7.72. The fourth-order valence-electron chi connectivity index (χ4n) is 2.57. The molecule has 2 aliphatic rings. The van der Waals surface area contributed by atoms with Crippen LogP contribution >= 0.6 is 0 Å². The highest BCUT2D eigenvalue weighted by atomic mass is 15.0. The van der Waals surface area contributed by atoms with Gasteiger partial charge in [-0.3, -0.25) is 0 Å². The summed E-state index contributed by atoms with van der Waals surface area (Å²) >= 11 is 0. The van der Waals surface area contributed by atoms with Crippen molar-refractivity contribution in [2.24, 2.45) is 11.7 Å². The number of allylic oxidation sites excluding steroid dienone is 3. The maximum absolute atomic E-state index is 6.20. The minimum absolute atomic E-state index is 0.159. The van der Waals surface area contributed by atoms with Gasteiger partial charge in [-0.15, -0.1) is 0 Å². The van der Waals surface area contributed by atoms with Crippen LogP contribution in [0.2, 0.25) is 0 Å². The number of hydrogen-bond acceptors (Lipinski definition) is 2. The summed E-state index contributed by atoms with van der Waals surface area (Å²) in [5.74, 6) is 0.448. The van der Waals surface area contributed by atoms with Gasteiger partial charge in [-0.25, -0.2) is 0 Å². The molecular weight excluding hydrogens is 196 g/mol. The molecule has 0 aromatic carbocycles. The fraction of sp³-hybridized carbons (Fsp3) is 0.571. The number of nitrogens with one attached hydrogen (secondary N) is 1. The molecule has 0 aromatic heterocycles. The summed E-state index contributed by atoms with van der Waals surface area (Å²) in [5.41, 5.74) is 7.57. The maximum atomic E-state index is 6.20. The van der Waals surface area contributed by atoms with E-state index >= 15 is 0 Å². The zero-order chi connectivity index (χ0) is 11.5. The highest BCUT2D eigenvalue weighted by molar-refractivity contribution is 5.37. The first-order valence-corrected chi connectivity index (χ1v) is 6.29. The Bertz CT molecular complexity index is 328. The van der Waals surface area contributed by atoms with Crippen LogP contribution in [-0.4, -0.2) is 18.1 Å². The zero-order valence-corrected chi connectivity index (χ0v) is 10.2. The molecule has 2 heteroatoms. The zero-order valence-electron chi connectivity index (χ0n) is 10.2. The Morgan fingerprint density at radius 1 is 1.56 bits per heavy atom. The van der Waals surface area contributed by atoms with Crippen LogP contribution in [0.1, 0.15) is 26.7 Å². The second-order valence-electron chi connectivity index (χ2n) is 4.88. The Kier molecular flexibility index (Phi) is 3.62. The normalized spacial score (nSPS) is 34.4. The van der Waals surface area contributed by atoms with Crippen LogP contribution in [0.3, 0.4) is 0 Å². The van der Waals surface area contributed by atoms with E-state index in [9.17, 15) is 0 Å². The third kappa shape index (κ3) is 2.28. The third-order valence-corrected chi connectivity index (χ3v) is 3.67.